The number of benzene rings is 1. The molecular weight excluding hydrogens is 164 g/mol. The van der Waals surface area contributed by atoms with E-state index >= 15 is 0 Å². The lowest BCUT2D eigenvalue weighted by Gasteiger charge is -2.02. The second kappa shape index (κ2) is 4.54. The first-order chi connectivity index (χ1) is 6.24. The van der Waals surface area contributed by atoms with E-state index in [1.54, 1.807) is 12.1 Å². The Balaban J connectivity index is 2.77. The van der Waals surface area contributed by atoms with Gasteiger partial charge in [0, 0.05) is 6.42 Å². The standard InChI is InChI=1S/C11H12O2/c1-2-3-4-11(13)9-5-7-10(12)8-6-9/h5-8,11-13H,2H2,1H3. The Labute approximate surface area is 77.8 Å². The molecule has 0 aliphatic rings. The average Bonchev–Trinajstić information content (AvgIpc) is 2.15. The molecule has 0 amide bonds. The van der Waals surface area contributed by atoms with Crippen LogP contribution in [0.25, 0.3) is 0 Å². The number of hydrogen-bond donors (Lipinski definition) is 2. The van der Waals surface area contributed by atoms with Crippen LogP contribution in [0.3, 0.4) is 0 Å². The molecule has 2 N–H and O–H groups in total. The molecule has 0 heterocycles. The van der Waals surface area contributed by atoms with Crippen LogP contribution >= 0.6 is 0 Å². The Bertz CT molecular complexity index is 316. The molecule has 1 atom stereocenters. The summed E-state index contributed by atoms with van der Waals surface area (Å²) in [5.74, 6) is 5.68. The predicted octanol–water partition coefficient (Wildman–Crippen LogP) is 1.84. The van der Waals surface area contributed by atoms with Crippen molar-refractivity contribution in [1.82, 2.24) is 0 Å². The van der Waals surface area contributed by atoms with Crippen molar-refractivity contribution < 1.29 is 10.2 Å². The van der Waals surface area contributed by atoms with Crippen molar-refractivity contribution in [3.05, 3.63) is 29.8 Å². The Morgan fingerprint density at radius 2 is 1.92 bits per heavy atom. The topological polar surface area (TPSA) is 40.5 Å². The van der Waals surface area contributed by atoms with E-state index < -0.39 is 6.10 Å². The van der Waals surface area contributed by atoms with E-state index in [9.17, 15) is 5.11 Å². The van der Waals surface area contributed by atoms with Crippen LogP contribution in [-0.4, -0.2) is 10.2 Å². The summed E-state index contributed by atoms with van der Waals surface area (Å²) in [5.41, 5.74) is 0.707. The highest BCUT2D eigenvalue weighted by Crippen LogP contribution is 2.15. The third-order valence-electron chi connectivity index (χ3n) is 1.62. The summed E-state index contributed by atoms with van der Waals surface area (Å²) < 4.78 is 0. The zero-order valence-electron chi connectivity index (χ0n) is 7.49. The SMILES string of the molecule is CCC#CC(O)c1ccc(O)cc1. The van der Waals surface area contributed by atoms with E-state index in [-0.39, 0.29) is 5.75 Å². The zero-order chi connectivity index (χ0) is 9.68. The first-order valence-electron chi connectivity index (χ1n) is 4.19. The van der Waals surface area contributed by atoms with E-state index in [1.165, 1.54) is 12.1 Å². The predicted molar refractivity (Wildman–Crippen MR) is 51.1 cm³/mol. The van der Waals surface area contributed by atoms with Gasteiger partial charge < -0.3 is 10.2 Å². The minimum absolute atomic E-state index is 0.194. The Kier molecular flexibility index (Phi) is 3.36. The summed E-state index contributed by atoms with van der Waals surface area (Å²) >= 11 is 0. The quantitative estimate of drug-likeness (QED) is 0.641. The Morgan fingerprint density at radius 1 is 1.31 bits per heavy atom. The molecule has 1 unspecified atom stereocenters. The molecule has 0 radical (unpaired) electrons. The summed E-state index contributed by atoms with van der Waals surface area (Å²) in [4.78, 5) is 0. The third-order valence-corrected chi connectivity index (χ3v) is 1.62. The van der Waals surface area contributed by atoms with Gasteiger partial charge in [-0.05, 0) is 17.7 Å². The largest absolute Gasteiger partial charge is 0.508 e. The van der Waals surface area contributed by atoms with Gasteiger partial charge >= 0.3 is 0 Å². The molecule has 0 saturated carbocycles. The van der Waals surface area contributed by atoms with Crippen molar-refractivity contribution >= 4 is 0 Å². The molecule has 0 aliphatic carbocycles. The number of aliphatic hydroxyl groups excluding tert-OH is 1. The van der Waals surface area contributed by atoms with E-state index in [4.69, 9.17) is 5.11 Å². The number of aromatic hydroxyl groups is 1. The van der Waals surface area contributed by atoms with Gasteiger partial charge in [-0.3, -0.25) is 0 Å². The van der Waals surface area contributed by atoms with Crippen LogP contribution in [0.2, 0.25) is 0 Å². The number of aliphatic hydroxyl groups is 1. The highest BCUT2D eigenvalue weighted by molar-refractivity contribution is 5.30. The minimum Gasteiger partial charge on any atom is -0.508 e. The molecule has 0 bridgehead atoms. The van der Waals surface area contributed by atoms with Crippen molar-refractivity contribution in [2.24, 2.45) is 0 Å². The number of hydrogen-bond acceptors (Lipinski definition) is 2. The van der Waals surface area contributed by atoms with Gasteiger partial charge in [0.05, 0.1) is 0 Å². The molecule has 2 heteroatoms. The van der Waals surface area contributed by atoms with Crippen molar-refractivity contribution in [2.75, 3.05) is 0 Å². The zero-order valence-corrected chi connectivity index (χ0v) is 7.49. The maximum Gasteiger partial charge on any atom is 0.140 e. The molecule has 0 spiro atoms. The monoisotopic (exact) mass is 176 g/mol. The minimum atomic E-state index is -0.749. The smallest absolute Gasteiger partial charge is 0.140 e. The van der Waals surface area contributed by atoms with E-state index in [0.29, 0.717) is 5.56 Å². The molecule has 68 valence electrons. The molecule has 0 saturated heterocycles. The number of phenolic OH excluding ortho intramolecular Hbond substituents is 1. The van der Waals surface area contributed by atoms with E-state index in [1.807, 2.05) is 6.92 Å². The van der Waals surface area contributed by atoms with Crippen LogP contribution in [0.1, 0.15) is 25.0 Å². The lowest BCUT2D eigenvalue weighted by atomic mass is 10.1. The Hall–Kier alpha value is -1.46. The number of rotatable bonds is 1. The third kappa shape index (κ3) is 2.81. The van der Waals surface area contributed by atoms with Gasteiger partial charge in [-0.2, -0.15) is 0 Å². The Morgan fingerprint density at radius 3 is 2.46 bits per heavy atom. The van der Waals surface area contributed by atoms with E-state index in [0.717, 1.165) is 6.42 Å². The fraction of sp³-hybridized carbons (Fsp3) is 0.273. The highest BCUT2D eigenvalue weighted by atomic mass is 16.3. The lowest BCUT2D eigenvalue weighted by molar-refractivity contribution is 0.238. The van der Waals surface area contributed by atoms with Crippen molar-refractivity contribution in [3.63, 3.8) is 0 Å². The van der Waals surface area contributed by atoms with E-state index in [2.05, 4.69) is 11.8 Å². The molecule has 0 fully saturated rings. The fourth-order valence-electron chi connectivity index (χ4n) is 0.939. The maximum absolute atomic E-state index is 9.49. The summed E-state index contributed by atoms with van der Waals surface area (Å²) in [6.07, 6.45) is -0.0182. The maximum atomic E-state index is 9.49. The second-order valence-corrected chi connectivity index (χ2v) is 2.67. The van der Waals surface area contributed by atoms with Crippen LogP contribution in [0, 0.1) is 11.8 Å². The lowest BCUT2D eigenvalue weighted by Crippen LogP contribution is -1.92. The van der Waals surface area contributed by atoms with Crippen LogP contribution in [0.5, 0.6) is 5.75 Å². The highest BCUT2D eigenvalue weighted by Gasteiger charge is 2.01. The molecule has 0 aliphatic heterocycles. The van der Waals surface area contributed by atoms with Crippen LogP contribution < -0.4 is 0 Å². The van der Waals surface area contributed by atoms with Crippen molar-refractivity contribution in [2.45, 2.75) is 19.4 Å². The molecular formula is C11H12O2. The molecule has 13 heavy (non-hydrogen) atoms. The van der Waals surface area contributed by atoms with Gasteiger partial charge in [0.15, 0.2) is 0 Å². The van der Waals surface area contributed by atoms with Crippen LogP contribution in [-0.2, 0) is 0 Å². The molecule has 2 nitrogen and oxygen atoms in total. The number of phenols is 1. The van der Waals surface area contributed by atoms with Gasteiger partial charge in [0.1, 0.15) is 11.9 Å². The molecule has 1 aromatic carbocycles. The van der Waals surface area contributed by atoms with Crippen LogP contribution in [0.15, 0.2) is 24.3 Å². The summed E-state index contributed by atoms with van der Waals surface area (Å²) in [7, 11) is 0. The van der Waals surface area contributed by atoms with Crippen molar-refractivity contribution in [1.29, 1.82) is 0 Å². The normalized spacial score (nSPS) is 11.5. The van der Waals surface area contributed by atoms with Gasteiger partial charge in [-0.1, -0.05) is 25.0 Å². The van der Waals surface area contributed by atoms with Gasteiger partial charge in [-0.15, -0.1) is 5.92 Å². The van der Waals surface area contributed by atoms with Gasteiger partial charge in [0.25, 0.3) is 0 Å². The molecule has 1 aromatic rings. The molecule has 0 aromatic heterocycles. The summed E-state index contributed by atoms with van der Waals surface area (Å²) in [5, 5.41) is 18.5. The van der Waals surface area contributed by atoms with Crippen LogP contribution in [0.4, 0.5) is 0 Å². The first kappa shape index (κ1) is 9.63. The van der Waals surface area contributed by atoms with Gasteiger partial charge in [-0.25, -0.2) is 0 Å². The van der Waals surface area contributed by atoms with Gasteiger partial charge in [0.2, 0.25) is 0 Å². The fourth-order valence-corrected chi connectivity index (χ4v) is 0.939. The summed E-state index contributed by atoms with van der Waals surface area (Å²) in [6, 6.07) is 6.38. The molecule has 1 rings (SSSR count). The first-order valence-corrected chi connectivity index (χ1v) is 4.19. The average molecular weight is 176 g/mol. The van der Waals surface area contributed by atoms with Crippen molar-refractivity contribution in [3.8, 4) is 17.6 Å². The summed E-state index contributed by atoms with van der Waals surface area (Å²) in [6.45, 7) is 1.93. The second-order valence-electron chi connectivity index (χ2n) is 2.67.